The number of hydrogen-bond acceptors (Lipinski definition) is 4. The number of aromatic hydroxyl groups is 1. The van der Waals surface area contributed by atoms with Crippen molar-refractivity contribution in [3.63, 3.8) is 0 Å². The third kappa shape index (κ3) is 3.13. The molecule has 1 aromatic rings. The largest absolute Gasteiger partial charge is 0.507 e. The Morgan fingerprint density at radius 3 is 2.78 bits per heavy atom. The maximum atomic E-state index is 12.2. The standard InChI is InChI=1S/C13H20N2O3/c1-9(6-7-14)15(2)13(17)11-8-10(18-3)4-5-12(11)16/h4-5,8-9,16H,6-7,14H2,1-3H3. The van der Waals surface area contributed by atoms with Crippen molar-refractivity contribution in [2.45, 2.75) is 19.4 Å². The van der Waals surface area contributed by atoms with Gasteiger partial charge in [0.25, 0.3) is 5.91 Å². The van der Waals surface area contributed by atoms with Gasteiger partial charge in [-0.1, -0.05) is 0 Å². The Bertz CT molecular complexity index is 421. The predicted molar refractivity (Wildman–Crippen MR) is 69.9 cm³/mol. The lowest BCUT2D eigenvalue weighted by Crippen LogP contribution is -2.36. The highest BCUT2D eigenvalue weighted by atomic mass is 16.5. The summed E-state index contributed by atoms with van der Waals surface area (Å²) in [5, 5.41) is 9.73. The van der Waals surface area contributed by atoms with Crippen LogP contribution in [0.4, 0.5) is 0 Å². The zero-order valence-electron chi connectivity index (χ0n) is 11.0. The predicted octanol–water partition coefficient (Wildman–Crippen LogP) is 1.21. The average Bonchev–Trinajstić information content (AvgIpc) is 2.38. The molecular weight excluding hydrogens is 232 g/mol. The van der Waals surface area contributed by atoms with Crippen LogP contribution in [0, 0.1) is 0 Å². The highest BCUT2D eigenvalue weighted by Crippen LogP contribution is 2.24. The lowest BCUT2D eigenvalue weighted by Gasteiger charge is -2.25. The van der Waals surface area contributed by atoms with E-state index in [0.29, 0.717) is 18.7 Å². The van der Waals surface area contributed by atoms with Gasteiger partial charge in [-0.25, -0.2) is 0 Å². The molecule has 5 nitrogen and oxygen atoms in total. The molecule has 5 heteroatoms. The number of amides is 1. The fraction of sp³-hybridized carbons (Fsp3) is 0.462. The van der Waals surface area contributed by atoms with Gasteiger partial charge in [0.05, 0.1) is 12.7 Å². The molecule has 0 heterocycles. The van der Waals surface area contributed by atoms with E-state index in [0.717, 1.165) is 0 Å². The second-order valence-corrected chi connectivity index (χ2v) is 4.23. The lowest BCUT2D eigenvalue weighted by atomic mass is 10.1. The first kappa shape index (κ1) is 14.3. The van der Waals surface area contributed by atoms with Crippen LogP contribution >= 0.6 is 0 Å². The number of nitrogens with zero attached hydrogens (tertiary/aromatic N) is 1. The maximum absolute atomic E-state index is 12.2. The molecule has 0 spiro atoms. The van der Waals surface area contributed by atoms with Crippen molar-refractivity contribution in [2.24, 2.45) is 5.73 Å². The number of carbonyl (C=O) groups is 1. The van der Waals surface area contributed by atoms with E-state index in [2.05, 4.69) is 0 Å². The molecule has 0 saturated heterocycles. The molecule has 1 aromatic carbocycles. The minimum Gasteiger partial charge on any atom is -0.507 e. The van der Waals surface area contributed by atoms with Crippen LogP contribution in [0.15, 0.2) is 18.2 Å². The Morgan fingerprint density at radius 2 is 2.22 bits per heavy atom. The van der Waals surface area contributed by atoms with Gasteiger partial charge in [-0.15, -0.1) is 0 Å². The van der Waals surface area contributed by atoms with Gasteiger partial charge in [0, 0.05) is 13.1 Å². The minimum absolute atomic E-state index is 0.0214. The summed E-state index contributed by atoms with van der Waals surface area (Å²) in [5.74, 6) is 0.246. The fourth-order valence-corrected chi connectivity index (χ4v) is 1.64. The zero-order chi connectivity index (χ0) is 13.7. The summed E-state index contributed by atoms with van der Waals surface area (Å²) in [7, 11) is 3.21. The third-order valence-corrected chi connectivity index (χ3v) is 3.00. The van der Waals surface area contributed by atoms with Gasteiger partial charge in [0.1, 0.15) is 11.5 Å². The molecular formula is C13H20N2O3. The average molecular weight is 252 g/mol. The summed E-state index contributed by atoms with van der Waals surface area (Å²) in [6.07, 6.45) is 0.715. The quantitative estimate of drug-likeness (QED) is 0.826. The molecule has 0 aliphatic carbocycles. The topological polar surface area (TPSA) is 75.8 Å². The number of benzene rings is 1. The molecule has 18 heavy (non-hydrogen) atoms. The van der Waals surface area contributed by atoms with E-state index < -0.39 is 0 Å². The van der Waals surface area contributed by atoms with Crippen LogP contribution in [0.1, 0.15) is 23.7 Å². The number of methoxy groups -OCH3 is 1. The molecule has 0 radical (unpaired) electrons. The summed E-state index contributed by atoms with van der Waals surface area (Å²) in [5.41, 5.74) is 5.71. The van der Waals surface area contributed by atoms with Crippen molar-refractivity contribution in [1.29, 1.82) is 0 Å². The molecule has 3 N–H and O–H groups in total. The molecule has 100 valence electrons. The van der Waals surface area contributed by atoms with Gasteiger partial charge >= 0.3 is 0 Å². The van der Waals surface area contributed by atoms with Gasteiger partial charge < -0.3 is 20.5 Å². The van der Waals surface area contributed by atoms with Crippen molar-refractivity contribution < 1.29 is 14.6 Å². The highest BCUT2D eigenvalue weighted by Gasteiger charge is 2.20. The molecule has 0 aliphatic heterocycles. The van der Waals surface area contributed by atoms with Crippen molar-refractivity contribution in [1.82, 2.24) is 4.90 Å². The SMILES string of the molecule is COc1ccc(O)c(C(=O)N(C)C(C)CCN)c1. The Balaban J connectivity index is 2.95. The summed E-state index contributed by atoms with van der Waals surface area (Å²) in [6, 6.07) is 4.61. The monoisotopic (exact) mass is 252 g/mol. The normalized spacial score (nSPS) is 12.0. The summed E-state index contributed by atoms with van der Waals surface area (Å²) in [6.45, 7) is 2.44. The summed E-state index contributed by atoms with van der Waals surface area (Å²) >= 11 is 0. The number of carbonyl (C=O) groups excluding carboxylic acids is 1. The highest BCUT2D eigenvalue weighted by molar-refractivity contribution is 5.97. The second-order valence-electron chi connectivity index (χ2n) is 4.23. The Morgan fingerprint density at radius 1 is 1.56 bits per heavy atom. The second kappa shape index (κ2) is 6.26. The van der Waals surface area contributed by atoms with E-state index in [9.17, 15) is 9.90 Å². The van der Waals surface area contributed by atoms with E-state index in [1.54, 1.807) is 18.0 Å². The van der Waals surface area contributed by atoms with E-state index in [4.69, 9.17) is 10.5 Å². The van der Waals surface area contributed by atoms with Crippen LogP contribution in [0.2, 0.25) is 0 Å². The van der Waals surface area contributed by atoms with Crippen LogP contribution in [0.5, 0.6) is 11.5 Å². The summed E-state index contributed by atoms with van der Waals surface area (Å²) < 4.78 is 5.05. The first-order chi connectivity index (χ1) is 8.51. The van der Waals surface area contributed by atoms with Gasteiger partial charge in [-0.3, -0.25) is 4.79 Å². The maximum Gasteiger partial charge on any atom is 0.257 e. The molecule has 1 rings (SSSR count). The van der Waals surface area contributed by atoms with Crippen LogP contribution in [-0.2, 0) is 0 Å². The number of hydrogen-bond donors (Lipinski definition) is 2. The minimum atomic E-state index is -0.243. The summed E-state index contributed by atoms with van der Waals surface area (Å²) in [4.78, 5) is 13.8. The Hall–Kier alpha value is -1.75. The van der Waals surface area contributed by atoms with Crippen LogP contribution in [0.3, 0.4) is 0 Å². The van der Waals surface area contributed by atoms with Gasteiger partial charge in [0.15, 0.2) is 0 Å². The third-order valence-electron chi connectivity index (χ3n) is 3.00. The van der Waals surface area contributed by atoms with Crippen molar-refractivity contribution in [2.75, 3.05) is 20.7 Å². The van der Waals surface area contributed by atoms with Crippen LogP contribution in [0.25, 0.3) is 0 Å². The number of ether oxygens (including phenoxy) is 1. The molecule has 0 bridgehead atoms. The number of rotatable bonds is 5. The van der Waals surface area contributed by atoms with Gasteiger partial charge in [-0.2, -0.15) is 0 Å². The number of phenols is 1. The first-order valence-corrected chi connectivity index (χ1v) is 5.85. The molecule has 0 aromatic heterocycles. The molecule has 0 fully saturated rings. The molecule has 1 atom stereocenters. The Labute approximate surface area is 107 Å². The van der Waals surface area contributed by atoms with Crippen LogP contribution < -0.4 is 10.5 Å². The fourth-order valence-electron chi connectivity index (χ4n) is 1.64. The molecule has 0 saturated carbocycles. The zero-order valence-corrected chi connectivity index (χ0v) is 11.0. The first-order valence-electron chi connectivity index (χ1n) is 5.85. The molecule has 1 unspecified atom stereocenters. The Kier molecular flexibility index (Phi) is 4.97. The van der Waals surface area contributed by atoms with E-state index in [-0.39, 0.29) is 23.3 Å². The van der Waals surface area contributed by atoms with Gasteiger partial charge in [0.2, 0.25) is 0 Å². The smallest absolute Gasteiger partial charge is 0.257 e. The van der Waals surface area contributed by atoms with Crippen molar-refractivity contribution in [3.8, 4) is 11.5 Å². The van der Waals surface area contributed by atoms with E-state index in [1.807, 2.05) is 6.92 Å². The van der Waals surface area contributed by atoms with Crippen molar-refractivity contribution >= 4 is 5.91 Å². The van der Waals surface area contributed by atoms with E-state index >= 15 is 0 Å². The van der Waals surface area contributed by atoms with Crippen molar-refractivity contribution in [3.05, 3.63) is 23.8 Å². The van der Waals surface area contributed by atoms with Gasteiger partial charge in [-0.05, 0) is 38.1 Å². The lowest BCUT2D eigenvalue weighted by molar-refractivity contribution is 0.0735. The number of nitrogens with two attached hydrogens (primary N) is 1. The molecule has 0 aliphatic rings. The molecule has 1 amide bonds. The van der Waals surface area contributed by atoms with E-state index in [1.165, 1.54) is 19.2 Å². The van der Waals surface area contributed by atoms with Crippen LogP contribution in [-0.4, -0.2) is 42.7 Å². The number of phenolic OH excluding ortho intramolecular Hbond substituents is 1.